The Balaban J connectivity index is 2.13. The number of carbonyl (C=O) groups excluding carboxylic acids is 2. The quantitative estimate of drug-likeness (QED) is 0.694. The van der Waals surface area contributed by atoms with Crippen molar-refractivity contribution in [2.75, 3.05) is 11.9 Å². The first-order valence-corrected chi connectivity index (χ1v) is 9.25. The Morgan fingerprint density at radius 2 is 1.88 bits per heavy atom. The van der Waals surface area contributed by atoms with Crippen LogP contribution in [0.1, 0.15) is 57.8 Å². The molecule has 6 heteroatoms. The van der Waals surface area contributed by atoms with E-state index in [0.29, 0.717) is 29.2 Å². The second kappa shape index (κ2) is 8.67. The zero-order chi connectivity index (χ0) is 18.4. The number of hydrogen-bond acceptors (Lipinski definition) is 4. The molecule has 0 fully saturated rings. The van der Waals surface area contributed by atoms with Gasteiger partial charge in [0.1, 0.15) is 10.8 Å². The van der Waals surface area contributed by atoms with Crippen LogP contribution >= 0.6 is 11.3 Å². The van der Waals surface area contributed by atoms with Crippen molar-refractivity contribution in [3.05, 3.63) is 45.8 Å². The second-order valence-corrected chi connectivity index (χ2v) is 6.96. The maximum atomic E-state index is 12.5. The van der Waals surface area contributed by atoms with Gasteiger partial charge in [0.15, 0.2) is 0 Å². The van der Waals surface area contributed by atoms with Crippen molar-refractivity contribution in [3.63, 3.8) is 0 Å². The van der Waals surface area contributed by atoms with Gasteiger partial charge in [0, 0.05) is 10.4 Å². The molecule has 2 amide bonds. The van der Waals surface area contributed by atoms with E-state index < -0.39 is 5.91 Å². The van der Waals surface area contributed by atoms with Crippen LogP contribution in [0.15, 0.2) is 24.3 Å². The molecular weight excluding hydrogens is 336 g/mol. The van der Waals surface area contributed by atoms with Crippen LogP contribution in [0.4, 0.5) is 5.00 Å². The van der Waals surface area contributed by atoms with E-state index in [1.807, 2.05) is 13.8 Å². The molecule has 1 heterocycles. The van der Waals surface area contributed by atoms with Gasteiger partial charge >= 0.3 is 0 Å². The number of anilines is 1. The van der Waals surface area contributed by atoms with Crippen molar-refractivity contribution >= 4 is 28.2 Å². The minimum absolute atomic E-state index is 0.272. The van der Waals surface area contributed by atoms with Crippen molar-refractivity contribution in [2.45, 2.75) is 40.0 Å². The molecule has 3 N–H and O–H groups in total. The summed E-state index contributed by atoms with van der Waals surface area (Å²) in [6, 6.07) is 6.97. The highest BCUT2D eigenvalue weighted by Gasteiger charge is 2.20. The van der Waals surface area contributed by atoms with Gasteiger partial charge in [-0.2, -0.15) is 0 Å². The number of hydrogen-bond donors (Lipinski definition) is 2. The van der Waals surface area contributed by atoms with Gasteiger partial charge in [-0.15, -0.1) is 11.3 Å². The molecule has 0 saturated heterocycles. The molecule has 134 valence electrons. The number of nitrogens with two attached hydrogens (primary N) is 1. The normalized spacial score (nSPS) is 10.5. The van der Waals surface area contributed by atoms with Crippen LogP contribution < -0.4 is 15.8 Å². The summed E-state index contributed by atoms with van der Waals surface area (Å²) in [6.45, 7) is 6.66. The Bertz CT molecular complexity index is 751. The van der Waals surface area contributed by atoms with Gasteiger partial charge in [-0.05, 0) is 49.6 Å². The fraction of sp³-hybridized carbons (Fsp3) is 0.368. The van der Waals surface area contributed by atoms with Gasteiger partial charge in [0.25, 0.3) is 11.8 Å². The molecule has 0 aliphatic carbocycles. The molecule has 2 aromatic rings. The molecule has 0 aliphatic heterocycles. The van der Waals surface area contributed by atoms with Crippen LogP contribution in [0, 0.1) is 6.92 Å². The highest BCUT2D eigenvalue weighted by atomic mass is 32.1. The summed E-state index contributed by atoms with van der Waals surface area (Å²) in [5.41, 5.74) is 7.31. The average Bonchev–Trinajstić information content (AvgIpc) is 2.91. The summed E-state index contributed by atoms with van der Waals surface area (Å²) >= 11 is 1.38. The van der Waals surface area contributed by atoms with E-state index >= 15 is 0 Å². The van der Waals surface area contributed by atoms with Crippen LogP contribution in [0.25, 0.3) is 0 Å². The van der Waals surface area contributed by atoms with Crippen LogP contribution in [0.2, 0.25) is 0 Å². The number of nitrogens with one attached hydrogen (secondary N) is 1. The number of unbranched alkanes of at least 4 members (excludes halogenated alkanes) is 1. The van der Waals surface area contributed by atoms with Gasteiger partial charge in [-0.1, -0.05) is 20.3 Å². The minimum Gasteiger partial charge on any atom is -0.494 e. The van der Waals surface area contributed by atoms with Gasteiger partial charge in [0.2, 0.25) is 0 Å². The Labute approximate surface area is 152 Å². The average molecular weight is 360 g/mol. The highest BCUT2D eigenvalue weighted by molar-refractivity contribution is 7.16. The van der Waals surface area contributed by atoms with E-state index in [0.717, 1.165) is 29.0 Å². The molecule has 1 aromatic carbocycles. The third-order valence-electron chi connectivity index (χ3n) is 3.92. The van der Waals surface area contributed by atoms with Crippen molar-refractivity contribution in [1.29, 1.82) is 0 Å². The zero-order valence-electron chi connectivity index (χ0n) is 14.8. The molecule has 0 atom stereocenters. The van der Waals surface area contributed by atoms with Gasteiger partial charge in [-0.25, -0.2) is 0 Å². The lowest BCUT2D eigenvalue weighted by Crippen LogP contribution is -2.17. The molecule has 0 aliphatic rings. The van der Waals surface area contributed by atoms with Crippen LogP contribution in [-0.4, -0.2) is 18.4 Å². The van der Waals surface area contributed by atoms with Crippen LogP contribution in [0.5, 0.6) is 5.75 Å². The Morgan fingerprint density at radius 1 is 1.20 bits per heavy atom. The molecule has 0 bridgehead atoms. The van der Waals surface area contributed by atoms with Crippen molar-refractivity contribution < 1.29 is 14.3 Å². The Hall–Kier alpha value is -2.34. The molecule has 5 nitrogen and oxygen atoms in total. The summed E-state index contributed by atoms with van der Waals surface area (Å²) in [5, 5.41) is 3.32. The van der Waals surface area contributed by atoms with Crippen molar-refractivity contribution in [3.8, 4) is 5.75 Å². The zero-order valence-corrected chi connectivity index (χ0v) is 15.7. The van der Waals surface area contributed by atoms with Gasteiger partial charge in [-0.3, -0.25) is 9.59 Å². The molecule has 0 saturated carbocycles. The predicted molar refractivity (Wildman–Crippen MR) is 102 cm³/mol. The molecule has 0 unspecified atom stereocenters. The van der Waals surface area contributed by atoms with Gasteiger partial charge in [0.05, 0.1) is 12.2 Å². The first kappa shape index (κ1) is 19.0. The van der Waals surface area contributed by atoms with E-state index in [-0.39, 0.29) is 5.91 Å². The molecule has 0 spiro atoms. The van der Waals surface area contributed by atoms with E-state index in [1.165, 1.54) is 11.3 Å². The van der Waals surface area contributed by atoms with E-state index in [9.17, 15) is 9.59 Å². The lowest BCUT2D eigenvalue weighted by Gasteiger charge is -2.08. The van der Waals surface area contributed by atoms with Crippen molar-refractivity contribution in [2.24, 2.45) is 5.73 Å². The van der Waals surface area contributed by atoms with Gasteiger partial charge < -0.3 is 15.8 Å². The second-order valence-electron chi connectivity index (χ2n) is 5.74. The van der Waals surface area contributed by atoms with Crippen LogP contribution in [-0.2, 0) is 6.42 Å². The smallest absolute Gasteiger partial charge is 0.256 e. The number of benzene rings is 1. The largest absolute Gasteiger partial charge is 0.494 e. The highest BCUT2D eigenvalue weighted by Crippen LogP contribution is 2.33. The fourth-order valence-corrected chi connectivity index (χ4v) is 3.71. The van der Waals surface area contributed by atoms with E-state index in [1.54, 1.807) is 24.3 Å². The summed E-state index contributed by atoms with van der Waals surface area (Å²) < 4.78 is 5.59. The molecular formula is C19H24N2O3S. The maximum absolute atomic E-state index is 12.5. The fourth-order valence-electron chi connectivity index (χ4n) is 2.57. The third kappa shape index (κ3) is 4.60. The van der Waals surface area contributed by atoms with E-state index in [4.69, 9.17) is 10.5 Å². The lowest BCUT2D eigenvalue weighted by molar-refractivity contribution is 0.100. The molecule has 2 rings (SSSR count). The number of primary amides is 1. The topological polar surface area (TPSA) is 81.4 Å². The number of amides is 2. The molecule has 0 radical (unpaired) electrons. The van der Waals surface area contributed by atoms with Crippen LogP contribution in [0.3, 0.4) is 0 Å². The lowest BCUT2D eigenvalue weighted by atomic mass is 10.1. The standard InChI is InChI=1S/C19H24N2O3S/c1-4-6-11-24-14-9-7-13(8-10-14)18(23)21-19-16(17(20)22)15(5-2)12(3)25-19/h7-10H,4-6,11H2,1-3H3,(H2,20,22)(H,21,23). The molecule has 25 heavy (non-hydrogen) atoms. The first-order chi connectivity index (χ1) is 12.0. The maximum Gasteiger partial charge on any atom is 0.256 e. The van der Waals surface area contributed by atoms with E-state index in [2.05, 4.69) is 12.2 Å². The number of thiophene rings is 1. The summed E-state index contributed by atoms with van der Waals surface area (Å²) in [5.74, 6) is -0.0502. The summed E-state index contributed by atoms with van der Waals surface area (Å²) in [6.07, 6.45) is 2.76. The number of carbonyl (C=O) groups is 2. The number of ether oxygens (including phenoxy) is 1. The van der Waals surface area contributed by atoms with Crippen molar-refractivity contribution in [1.82, 2.24) is 0 Å². The summed E-state index contributed by atoms with van der Waals surface area (Å²) in [7, 11) is 0. The third-order valence-corrected chi connectivity index (χ3v) is 4.98. The SMILES string of the molecule is CCCCOc1ccc(C(=O)Nc2sc(C)c(CC)c2C(N)=O)cc1. The minimum atomic E-state index is -0.517. The Kier molecular flexibility index (Phi) is 6.58. The number of aryl methyl sites for hydroxylation is 1. The Morgan fingerprint density at radius 3 is 2.44 bits per heavy atom. The predicted octanol–water partition coefficient (Wildman–Crippen LogP) is 4.15. The monoisotopic (exact) mass is 360 g/mol. The number of rotatable bonds is 8. The first-order valence-electron chi connectivity index (χ1n) is 8.44. The summed E-state index contributed by atoms with van der Waals surface area (Å²) in [4.78, 5) is 25.2. The molecule has 1 aromatic heterocycles.